The zero-order valence-corrected chi connectivity index (χ0v) is 16.4. The first-order valence-electron chi connectivity index (χ1n) is 9.00. The van der Waals surface area contributed by atoms with Crippen LogP contribution in [0.25, 0.3) is 0 Å². The second-order valence-corrected chi connectivity index (χ2v) is 7.44. The van der Waals surface area contributed by atoms with E-state index >= 15 is 0 Å². The average molecular weight is 382 g/mol. The zero-order chi connectivity index (χ0) is 19.1. The maximum Gasteiger partial charge on any atom is 0.238 e. The molecule has 144 valence electrons. The molecule has 7 heteroatoms. The maximum absolute atomic E-state index is 12.2. The number of carbonyl (C=O) groups is 2. The maximum atomic E-state index is 12.2. The van der Waals surface area contributed by atoms with Crippen molar-refractivity contribution in [2.75, 3.05) is 32.6 Å². The lowest BCUT2D eigenvalue weighted by molar-refractivity contribution is -0.124. The Balaban J connectivity index is 1.81. The summed E-state index contributed by atoms with van der Waals surface area (Å²) in [6.07, 6.45) is 4.59. The van der Waals surface area contributed by atoms with Gasteiger partial charge in [0.25, 0.3) is 0 Å². The van der Waals surface area contributed by atoms with Crippen LogP contribution >= 0.6 is 11.6 Å². The molecule has 26 heavy (non-hydrogen) atoms. The summed E-state index contributed by atoms with van der Waals surface area (Å²) in [5.41, 5.74) is 0.513. The Morgan fingerprint density at radius 1 is 1.23 bits per heavy atom. The summed E-state index contributed by atoms with van der Waals surface area (Å²) in [7, 11) is 3.28. The number of likely N-dealkylation sites (N-methyl/N-ethyl adjacent to an activating group) is 1. The number of rotatable bonds is 7. The molecule has 0 saturated heterocycles. The smallest absolute Gasteiger partial charge is 0.238 e. The fourth-order valence-corrected chi connectivity index (χ4v) is 3.47. The molecule has 1 aromatic carbocycles. The molecule has 0 heterocycles. The lowest BCUT2D eigenvalue weighted by atomic mass is 9.86. The minimum Gasteiger partial charge on any atom is -0.495 e. The summed E-state index contributed by atoms with van der Waals surface area (Å²) in [6.45, 7) is 2.46. The predicted molar refractivity (Wildman–Crippen MR) is 104 cm³/mol. The van der Waals surface area contributed by atoms with E-state index in [1.165, 1.54) is 13.5 Å². The molecule has 1 saturated carbocycles. The molecular formula is C19H28ClN3O3. The summed E-state index contributed by atoms with van der Waals surface area (Å²) >= 11 is 5.97. The summed E-state index contributed by atoms with van der Waals surface area (Å²) in [4.78, 5) is 26.2. The van der Waals surface area contributed by atoms with E-state index in [4.69, 9.17) is 16.3 Å². The monoisotopic (exact) mass is 381 g/mol. The van der Waals surface area contributed by atoms with Crippen molar-refractivity contribution in [1.82, 2.24) is 10.2 Å². The van der Waals surface area contributed by atoms with E-state index in [1.807, 2.05) is 0 Å². The van der Waals surface area contributed by atoms with Crippen LogP contribution in [0.4, 0.5) is 5.69 Å². The molecule has 1 aliphatic carbocycles. The Morgan fingerprint density at radius 2 is 1.92 bits per heavy atom. The van der Waals surface area contributed by atoms with Crippen molar-refractivity contribution in [3.05, 3.63) is 23.2 Å². The number of halogens is 1. The molecule has 0 unspecified atom stereocenters. The molecule has 1 aromatic rings. The van der Waals surface area contributed by atoms with E-state index < -0.39 is 0 Å². The third-order valence-electron chi connectivity index (χ3n) is 4.72. The van der Waals surface area contributed by atoms with Crippen molar-refractivity contribution in [3.8, 4) is 5.75 Å². The Hall–Kier alpha value is -1.79. The van der Waals surface area contributed by atoms with Crippen LogP contribution in [-0.4, -0.2) is 50.0 Å². The van der Waals surface area contributed by atoms with Gasteiger partial charge in [-0.3, -0.25) is 14.5 Å². The number of nitrogens with zero attached hydrogens (tertiary/aromatic N) is 1. The fourth-order valence-electron chi connectivity index (χ4n) is 3.30. The molecule has 0 aliphatic heterocycles. The van der Waals surface area contributed by atoms with Gasteiger partial charge in [-0.2, -0.15) is 0 Å². The van der Waals surface area contributed by atoms with Crippen molar-refractivity contribution >= 4 is 29.1 Å². The minimum absolute atomic E-state index is 0.0422. The molecule has 2 atom stereocenters. The summed E-state index contributed by atoms with van der Waals surface area (Å²) in [6, 6.07) is 5.27. The highest BCUT2D eigenvalue weighted by atomic mass is 35.5. The highest BCUT2D eigenvalue weighted by Crippen LogP contribution is 2.27. The number of hydrogen-bond acceptors (Lipinski definition) is 4. The average Bonchev–Trinajstić information content (AvgIpc) is 2.56. The highest BCUT2D eigenvalue weighted by molar-refractivity contribution is 6.31. The topological polar surface area (TPSA) is 70.7 Å². The Kier molecular flexibility index (Phi) is 7.72. The number of carbonyl (C=O) groups excluding carboxylic acids is 2. The summed E-state index contributed by atoms with van der Waals surface area (Å²) < 4.78 is 5.21. The van der Waals surface area contributed by atoms with Gasteiger partial charge in [0, 0.05) is 11.1 Å². The number of ether oxygens (including phenoxy) is 1. The van der Waals surface area contributed by atoms with Crippen LogP contribution in [0.1, 0.15) is 32.6 Å². The second-order valence-electron chi connectivity index (χ2n) is 7.00. The first kappa shape index (κ1) is 20.5. The van der Waals surface area contributed by atoms with E-state index in [0.29, 0.717) is 22.4 Å². The van der Waals surface area contributed by atoms with Gasteiger partial charge in [0.15, 0.2) is 0 Å². The lowest BCUT2D eigenvalue weighted by Gasteiger charge is -2.30. The standard InChI is InChI=1S/C19H28ClN3O3/c1-13-6-4-5-7-15(13)21-18(24)11-23(2)12-19(25)22-16-10-14(20)8-9-17(16)26-3/h8-10,13,15H,4-7,11-12H2,1-3H3,(H,21,24)(H,22,25)/t13-,15-/m1/s1. The van der Waals surface area contributed by atoms with Crippen LogP contribution < -0.4 is 15.4 Å². The van der Waals surface area contributed by atoms with E-state index in [0.717, 1.165) is 19.3 Å². The minimum atomic E-state index is -0.230. The summed E-state index contributed by atoms with van der Waals surface area (Å²) in [5.74, 6) is 0.775. The first-order chi connectivity index (χ1) is 12.4. The molecule has 1 aliphatic rings. The summed E-state index contributed by atoms with van der Waals surface area (Å²) in [5, 5.41) is 6.38. The van der Waals surface area contributed by atoms with Crippen LogP contribution in [0, 0.1) is 5.92 Å². The molecule has 2 N–H and O–H groups in total. The SMILES string of the molecule is COc1ccc(Cl)cc1NC(=O)CN(C)CC(=O)N[C@@H]1CCCC[C@H]1C. The third-order valence-corrected chi connectivity index (χ3v) is 4.96. The van der Waals surface area contributed by atoms with Crippen molar-refractivity contribution in [2.45, 2.75) is 38.6 Å². The number of anilines is 1. The second kappa shape index (κ2) is 9.78. The number of amides is 2. The molecule has 0 radical (unpaired) electrons. The van der Waals surface area contributed by atoms with Gasteiger partial charge in [-0.15, -0.1) is 0 Å². The first-order valence-corrected chi connectivity index (χ1v) is 9.38. The van der Waals surface area contributed by atoms with Crippen LogP contribution in [0.15, 0.2) is 18.2 Å². The Morgan fingerprint density at radius 3 is 2.62 bits per heavy atom. The van der Waals surface area contributed by atoms with Crippen molar-refractivity contribution in [1.29, 1.82) is 0 Å². The normalized spacial score (nSPS) is 19.9. The van der Waals surface area contributed by atoms with Gasteiger partial charge in [0.1, 0.15) is 5.75 Å². The van der Waals surface area contributed by atoms with Crippen LogP contribution in [0.3, 0.4) is 0 Å². The van der Waals surface area contributed by atoms with E-state index in [-0.39, 0.29) is 30.9 Å². The molecule has 2 amide bonds. The largest absolute Gasteiger partial charge is 0.495 e. The van der Waals surface area contributed by atoms with E-state index in [2.05, 4.69) is 17.6 Å². The van der Waals surface area contributed by atoms with E-state index in [1.54, 1.807) is 30.1 Å². The lowest BCUT2D eigenvalue weighted by Crippen LogP contribution is -2.46. The van der Waals surface area contributed by atoms with Gasteiger partial charge in [-0.05, 0) is 44.0 Å². The molecule has 0 aromatic heterocycles. The molecule has 0 bridgehead atoms. The molecule has 1 fully saturated rings. The third kappa shape index (κ3) is 6.18. The van der Waals surface area contributed by atoms with Crippen LogP contribution in [0.2, 0.25) is 5.02 Å². The number of nitrogens with one attached hydrogen (secondary N) is 2. The Labute approximate surface area is 160 Å². The van der Waals surface area contributed by atoms with Gasteiger partial charge >= 0.3 is 0 Å². The van der Waals surface area contributed by atoms with Gasteiger partial charge in [0.05, 0.1) is 25.9 Å². The number of hydrogen-bond donors (Lipinski definition) is 2. The van der Waals surface area contributed by atoms with Crippen molar-refractivity contribution in [2.24, 2.45) is 5.92 Å². The van der Waals surface area contributed by atoms with Gasteiger partial charge < -0.3 is 15.4 Å². The molecule has 2 rings (SSSR count). The molecule has 0 spiro atoms. The fraction of sp³-hybridized carbons (Fsp3) is 0.579. The number of benzene rings is 1. The van der Waals surface area contributed by atoms with Crippen LogP contribution in [0.5, 0.6) is 5.75 Å². The van der Waals surface area contributed by atoms with Gasteiger partial charge in [0.2, 0.25) is 11.8 Å². The molecule has 6 nitrogen and oxygen atoms in total. The van der Waals surface area contributed by atoms with Crippen molar-refractivity contribution in [3.63, 3.8) is 0 Å². The quantitative estimate of drug-likeness (QED) is 0.761. The van der Waals surface area contributed by atoms with Gasteiger partial charge in [-0.1, -0.05) is 31.4 Å². The zero-order valence-electron chi connectivity index (χ0n) is 15.7. The predicted octanol–water partition coefficient (Wildman–Crippen LogP) is 2.91. The number of methoxy groups -OCH3 is 1. The Bertz CT molecular complexity index is 638. The van der Waals surface area contributed by atoms with Crippen LogP contribution in [-0.2, 0) is 9.59 Å². The highest BCUT2D eigenvalue weighted by Gasteiger charge is 2.23. The van der Waals surface area contributed by atoms with Crippen molar-refractivity contribution < 1.29 is 14.3 Å². The molecular weight excluding hydrogens is 354 g/mol. The van der Waals surface area contributed by atoms with Gasteiger partial charge in [-0.25, -0.2) is 0 Å². The van der Waals surface area contributed by atoms with E-state index in [9.17, 15) is 9.59 Å².